The molecular weight excluding hydrogens is 213 g/mol. The first kappa shape index (κ1) is 14.2. The first-order chi connectivity index (χ1) is 7.79. The molecule has 1 N–H and O–H groups in total. The highest BCUT2D eigenvalue weighted by Crippen LogP contribution is 2.24. The Hall–Kier alpha value is -0.890. The van der Waals surface area contributed by atoms with Crippen molar-refractivity contribution < 1.29 is 4.39 Å². The molecule has 0 saturated heterocycles. The summed E-state index contributed by atoms with van der Waals surface area (Å²) in [5.41, 5.74) is 1.18. The zero-order valence-electron chi connectivity index (χ0n) is 11.5. The van der Waals surface area contributed by atoms with Crippen LogP contribution in [0, 0.1) is 11.7 Å². The maximum atomic E-state index is 13.2. The van der Waals surface area contributed by atoms with E-state index in [1.54, 1.807) is 12.1 Å². The summed E-state index contributed by atoms with van der Waals surface area (Å²) in [6.45, 7) is 11.7. The van der Waals surface area contributed by atoms with Crippen molar-refractivity contribution in [1.82, 2.24) is 5.32 Å². The second-order valence-electron chi connectivity index (χ2n) is 6.04. The Morgan fingerprint density at radius 3 is 2.35 bits per heavy atom. The van der Waals surface area contributed by atoms with Gasteiger partial charge >= 0.3 is 0 Å². The first-order valence-electron chi connectivity index (χ1n) is 6.30. The molecule has 0 spiro atoms. The Labute approximate surface area is 104 Å². The van der Waals surface area contributed by atoms with Crippen molar-refractivity contribution in [2.45, 2.75) is 46.1 Å². The lowest BCUT2D eigenvalue weighted by Crippen LogP contribution is -2.39. The van der Waals surface area contributed by atoms with Crippen LogP contribution in [-0.4, -0.2) is 12.1 Å². The van der Waals surface area contributed by atoms with Gasteiger partial charge in [-0.1, -0.05) is 26.0 Å². The summed E-state index contributed by atoms with van der Waals surface area (Å²) < 4.78 is 13.2. The molecule has 1 aromatic rings. The van der Waals surface area contributed by atoms with Crippen molar-refractivity contribution in [1.29, 1.82) is 0 Å². The highest BCUT2D eigenvalue weighted by molar-refractivity contribution is 5.21. The zero-order valence-corrected chi connectivity index (χ0v) is 11.5. The Balaban J connectivity index is 2.79. The number of benzene rings is 1. The maximum absolute atomic E-state index is 13.2. The Morgan fingerprint density at radius 1 is 1.24 bits per heavy atom. The number of halogens is 1. The van der Waals surface area contributed by atoms with Crippen LogP contribution in [0.2, 0.25) is 0 Å². The summed E-state index contributed by atoms with van der Waals surface area (Å²) in [6.07, 6.45) is 0. The first-order valence-corrected chi connectivity index (χ1v) is 6.30. The van der Waals surface area contributed by atoms with E-state index >= 15 is 0 Å². The molecule has 0 saturated carbocycles. The van der Waals surface area contributed by atoms with Crippen LogP contribution in [0.1, 0.15) is 46.1 Å². The fourth-order valence-electron chi connectivity index (χ4n) is 1.89. The molecule has 1 nitrogen and oxygen atoms in total. The molecule has 0 heterocycles. The smallest absolute Gasteiger partial charge is 0.123 e. The normalized spacial score (nSPS) is 14.1. The molecule has 0 aromatic heterocycles. The molecule has 0 radical (unpaired) electrons. The van der Waals surface area contributed by atoms with Crippen LogP contribution >= 0.6 is 0 Å². The minimum atomic E-state index is -0.149. The lowest BCUT2D eigenvalue weighted by molar-refractivity contribution is 0.371. The number of hydrogen-bond acceptors (Lipinski definition) is 1. The molecule has 0 fully saturated rings. The molecule has 0 bridgehead atoms. The molecule has 0 aliphatic rings. The molecular formula is C15H24FN. The minimum absolute atomic E-state index is 0.0977. The molecule has 17 heavy (non-hydrogen) atoms. The van der Waals surface area contributed by atoms with E-state index in [1.807, 2.05) is 6.07 Å². The molecule has 1 aromatic carbocycles. The van der Waals surface area contributed by atoms with Gasteiger partial charge in [0.1, 0.15) is 5.82 Å². The van der Waals surface area contributed by atoms with Gasteiger partial charge in [0.05, 0.1) is 0 Å². The fraction of sp³-hybridized carbons (Fsp3) is 0.600. The summed E-state index contributed by atoms with van der Waals surface area (Å²) in [5, 5.41) is 3.50. The number of rotatable bonds is 4. The van der Waals surface area contributed by atoms with E-state index in [1.165, 1.54) is 6.07 Å². The zero-order chi connectivity index (χ0) is 13.1. The van der Waals surface area contributed by atoms with Crippen molar-refractivity contribution >= 4 is 0 Å². The fourth-order valence-corrected chi connectivity index (χ4v) is 1.89. The standard InChI is InChI=1S/C15H24FN/c1-11(2)14(10-17-15(3,4)5)12-7-6-8-13(16)9-12/h6-9,11,14,17H,10H2,1-5H3. The molecule has 0 aliphatic heterocycles. The van der Waals surface area contributed by atoms with Crippen molar-refractivity contribution in [2.75, 3.05) is 6.54 Å². The quantitative estimate of drug-likeness (QED) is 0.836. The number of nitrogens with one attached hydrogen (secondary N) is 1. The third-order valence-electron chi connectivity index (χ3n) is 2.93. The molecule has 1 atom stereocenters. The van der Waals surface area contributed by atoms with E-state index in [4.69, 9.17) is 0 Å². The Bertz CT molecular complexity index is 352. The van der Waals surface area contributed by atoms with Gasteiger partial charge in [0.15, 0.2) is 0 Å². The van der Waals surface area contributed by atoms with Crippen LogP contribution in [0.4, 0.5) is 4.39 Å². The third kappa shape index (κ3) is 4.86. The van der Waals surface area contributed by atoms with Gasteiger partial charge in [0, 0.05) is 12.1 Å². The van der Waals surface area contributed by atoms with Gasteiger partial charge in [-0.2, -0.15) is 0 Å². The second-order valence-corrected chi connectivity index (χ2v) is 6.04. The summed E-state index contributed by atoms with van der Waals surface area (Å²) in [6, 6.07) is 6.95. The van der Waals surface area contributed by atoms with E-state index in [2.05, 4.69) is 39.9 Å². The van der Waals surface area contributed by atoms with Crippen LogP contribution in [0.5, 0.6) is 0 Å². The van der Waals surface area contributed by atoms with Gasteiger partial charge in [0.2, 0.25) is 0 Å². The van der Waals surface area contributed by atoms with Crippen LogP contribution in [0.25, 0.3) is 0 Å². The predicted molar refractivity (Wildman–Crippen MR) is 71.7 cm³/mol. The van der Waals surface area contributed by atoms with E-state index in [0.29, 0.717) is 11.8 Å². The lowest BCUT2D eigenvalue weighted by Gasteiger charge is -2.28. The lowest BCUT2D eigenvalue weighted by atomic mass is 9.87. The van der Waals surface area contributed by atoms with Crippen molar-refractivity contribution in [3.8, 4) is 0 Å². The van der Waals surface area contributed by atoms with Gasteiger partial charge < -0.3 is 5.32 Å². The topological polar surface area (TPSA) is 12.0 Å². The van der Waals surface area contributed by atoms with Gasteiger partial charge in [0.25, 0.3) is 0 Å². The van der Waals surface area contributed by atoms with Gasteiger partial charge in [-0.05, 0) is 50.3 Å². The van der Waals surface area contributed by atoms with Gasteiger partial charge in [-0.15, -0.1) is 0 Å². The van der Waals surface area contributed by atoms with Gasteiger partial charge in [-0.25, -0.2) is 4.39 Å². The average Bonchev–Trinajstić information content (AvgIpc) is 2.15. The second kappa shape index (κ2) is 5.63. The van der Waals surface area contributed by atoms with Crippen LogP contribution in [0.3, 0.4) is 0 Å². The minimum Gasteiger partial charge on any atom is -0.311 e. The average molecular weight is 237 g/mol. The SMILES string of the molecule is CC(C)C(CNC(C)(C)C)c1cccc(F)c1. The van der Waals surface area contributed by atoms with Crippen LogP contribution in [0.15, 0.2) is 24.3 Å². The van der Waals surface area contributed by atoms with Crippen LogP contribution in [-0.2, 0) is 0 Å². The largest absolute Gasteiger partial charge is 0.311 e. The van der Waals surface area contributed by atoms with Crippen molar-refractivity contribution in [2.24, 2.45) is 5.92 Å². The molecule has 1 unspecified atom stereocenters. The van der Waals surface area contributed by atoms with E-state index in [-0.39, 0.29) is 11.4 Å². The Kier molecular flexibility index (Phi) is 4.70. The molecule has 0 aliphatic carbocycles. The van der Waals surface area contributed by atoms with Gasteiger partial charge in [-0.3, -0.25) is 0 Å². The highest BCUT2D eigenvalue weighted by Gasteiger charge is 2.19. The number of hydrogen-bond donors (Lipinski definition) is 1. The van der Waals surface area contributed by atoms with E-state index in [0.717, 1.165) is 12.1 Å². The monoisotopic (exact) mass is 237 g/mol. The molecule has 96 valence electrons. The molecule has 0 amide bonds. The van der Waals surface area contributed by atoms with E-state index in [9.17, 15) is 4.39 Å². The summed E-state index contributed by atoms with van der Waals surface area (Å²) in [7, 11) is 0. The summed E-state index contributed by atoms with van der Waals surface area (Å²) in [4.78, 5) is 0. The molecule has 1 rings (SSSR count). The third-order valence-corrected chi connectivity index (χ3v) is 2.93. The van der Waals surface area contributed by atoms with Crippen molar-refractivity contribution in [3.05, 3.63) is 35.6 Å². The molecule has 2 heteroatoms. The maximum Gasteiger partial charge on any atom is 0.123 e. The highest BCUT2D eigenvalue weighted by atomic mass is 19.1. The Morgan fingerprint density at radius 2 is 1.88 bits per heavy atom. The van der Waals surface area contributed by atoms with E-state index < -0.39 is 0 Å². The summed E-state index contributed by atoms with van der Waals surface area (Å²) >= 11 is 0. The summed E-state index contributed by atoms with van der Waals surface area (Å²) in [5.74, 6) is 0.695. The van der Waals surface area contributed by atoms with Crippen molar-refractivity contribution in [3.63, 3.8) is 0 Å². The van der Waals surface area contributed by atoms with Crippen LogP contribution < -0.4 is 5.32 Å². The predicted octanol–water partition coefficient (Wildman–Crippen LogP) is 3.95.